The Morgan fingerprint density at radius 2 is 1.59 bits per heavy atom. The van der Waals surface area contributed by atoms with Crippen LogP contribution in [0.15, 0.2) is 12.2 Å². The van der Waals surface area contributed by atoms with Gasteiger partial charge in [-0.05, 0) is 85.4 Å². The molecule has 4 saturated carbocycles. The Hall–Kier alpha value is -0.420. The molecule has 4 nitrogen and oxygen atoms in total. The fourth-order valence-corrected chi connectivity index (χ4v) is 8.99. The molecule has 0 bridgehead atoms. The SMILES string of the molecule is CC(C)[C@@H](C)/C=C/[C@@H](C)[C@H]1CC[C@H]2[C@@H]3C[C@@H](O)[C@@]4(O)C[C@@H](O)CC[C@]4(C)[C@H]3[C@H](O)C[C@]12C. The second kappa shape index (κ2) is 8.36. The number of aliphatic hydroxyl groups excluding tert-OH is 3. The van der Waals surface area contributed by atoms with E-state index in [-0.39, 0.29) is 23.7 Å². The van der Waals surface area contributed by atoms with E-state index in [0.29, 0.717) is 48.9 Å². The minimum absolute atomic E-state index is 0.00737. The highest BCUT2D eigenvalue weighted by Crippen LogP contribution is 2.69. The van der Waals surface area contributed by atoms with Crippen LogP contribution >= 0.6 is 0 Å². The zero-order chi connectivity index (χ0) is 23.6. The van der Waals surface area contributed by atoms with E-state index in [1.165, 1.54) is 6.42 Å². The number of fused-ring (bicyclic) bond motifs is 5. The summed E-state index contributed by atoms with van der Waals surface area (Å²) < 4.78 is 0. The van der Waals surface area contributed by atoms with Crippen LogP contribution in [0.5, 0.6) is 0 Å². The Morgan fingerprint density at radius 3 is 2.25 bits per heavy atom. The number of hydrogen-bond donors (Lipinski definition) is 4. The van der Waals surface area contributed by atoms with Crippen molar-refractivity contribution in [3.8, 4) is 0 Å². The molecule has 0 radical (unpaired) electrons. The molecule has 0 aliphatic heterocycles. The maximum Gasteiger partial charge on any atom is 0.0986 e. The van der Waals surface area contributed by atoms with Gasteiger partial charge in [0, 0.05) is 11.8 Å². The van der Waals surface area contributed by atoms with Crippen molar-refractivity contribution < 1.29 is 20.4 Å². The molecule has 4 aliphatic rings. The summed E-state index contributed by atoms with van der Waals surface area (Å²) in [7, 11) is 0. The Kier molecular flexibility index (Phi) is 6.45. The third-order valence-corrected chi connectivity index (χ3v) is 11.2. The maximum atomic E-state index is 11.6. The van der Waals surface area contributed by atoms with Gasteiger partial charge in [-0.15, -0.1) is 0 Å². The summed E-state index contributed by atoms with van der Waals surface area (Å²) >= 11 is 0. The number of aliphatic hydroxyl groups is 4. The maximum absolute atomic E-state index is 11.6. The van der Waals surface area contributed by atoms with Crippen LogP contribution in [0.1, 0.15) is 86.5 Å². The van der Waals surface area contributed by atoms with Crippen LogP contribution in [-0.2, 0) is 0 Å². The molecule has 0 aromatic rings. The molecule has 184 valence electrons. The van der Waals surface area contributed by atoms with Gasteiger partial charge in [0.25, 0.3) is 0 Å². The first-order valence-electron chi connectivity index (χ1n) is 13.3. The molecular formula is C28H48O4. The lowest BCUT2D eigenvalue weighted by atomic mass is 9.41. The average Bonchev–Trinajstić information content (AvgIpc) is 3.04. The first-order valence-corrected chi connectivity index (χ1v) is 13.3. The number of hydrogen-bond acceptors (Lipinski definition) is 4. The standard InChI is InChI=1S/C28H48O4/c1-16(2)17(3)7-8-18(4)21-9-10-22-20-13-24(31)28(32)14-19(29)11-12-27(28,6)25(20)23(30)15-26(21,22)5/h7-8,16-25,29-32H,9-15H2,1-6H3/b8-7+/t17-,18+,19-,20-,21+,22-,23+,24+,25+,26+,27+,28-/m0/s1. The van der Waals surface area contributed by atoms with Crippen molar-refractivity contribution in [2.75, 3.05) is 0 Å². The Balaban J connectivity index is 1.61. The summed E-state index contributed by atoms with van der Waals surface area (Å²) in [5.74, 6) is 2.92. The molecule has 32 heavy (non-hydrogen) atoms. The highest BCUT2D eigenvalue weighted by atomic mass is 16.3. The largest absolute Gasteiger partial charge is 0.393 e. The van der Waals surface area contributed by atoms with Gasteiger partial charge in [-0.2, -0.15) is 0 Å². The van der Waals surface area contributed by atoms with E-state index < -0.39 is 29.3 Å². The molecular weight excluding hydrogens is 400 g/mol. The van der Waals surface area contributed by atoms with Crippen LogP contribution in [-0.4, -0.2) is 44.3 Å². The van der Waals surface area contributed by atoms with Crippen LogP contribution in [0.4, 0.5) is 0 Å². The van der Waals surface area contributed by atoms with Crippen molar-refractivity contribution in [1.82, 2.24) is 0 Å². The fraction of sp³-hybridized carbons (Fsp3) is 0.929. The predicted octanol–water partition coefficient (Wildman–Crippen LogP) is 4.55. The second-order valence-electron chi connectivity index (χ2n) is 13.1. The van der Waals surface area contributed by atoms with Crippen molar-refractivity contribution in [2.24, 2.45) is 52.3 Å². The topological polar surface area (TPSA) is 80.9 Å². The Morgan fingerprint density at radius 1 is 0.906 bits per heavy atom. The van der Waals surface area contributed by atoms with E-state index in [1.54, 1.807) is 0 Å². The van der Waals surface area contributed by atoms with E-state index in [4.69, 9.17) is 0 Å². The summed E-state index contributed by atoms with van der Waals surface area (Å²) in [4.78, 5) is 0. The third-order valence-electron chi connectivity index (χ3n) is 11.2. The first-order chi connectivity index (χ1) is 14.8. The molecule has 0 heterocycles. The molecule has 4 heteroatoms. The van der Waals surface area contributed by atoms with E-state index in [0.717, 1.165) is 12.8 Å². The Labute approximate surface area is 195 Å². The molecule has 4 rings (SSSR count). The quantitative estimate of drug-likeness (QED) is 0.476. The lowest BCUT2D eigenvalue weighted by Crippen LogP contribution is -2.71. The van der Waals surface area contributed by atoms with Crippen molar-refractivity contribution in [1.29, 1.82) is 0 Å². The van der Waals surface area contributed by atoms with Gasteiger partial charge in [-0.1, -0.05) is 53.7 Å². The minimum Gasteiger partial charge on any atom is -0.393 e. The first kappa shape index (κ1) is 24.7. The molecule has 0 aromatic heterocycles. The smallest absolute Gasteiger partial charge is 0.0986 e. The van der Waals surface area contributed by atoms with E-state index in [2.05, 4.69) is 53.7 Å². The summed E-state index contributed by atoms with van der Waals surface area (Å²) in [5, 5.41) is 44.7. The van der Waals surface area contributed by atoms with Gasteiger partial charge < -0.3 is 20.4 Å². The molecule has 0 amide bonds. The van der Waals surface area contributed by atoms with Crippen molar-refractivity contribution >= 4 is 0 Å². The average molecular weight is 449 g/mol. The highest BCUT2D eigenvalue weighted by Gasteiger charge is 2.69. The van der Waals surface area contributed by atoms with E-state index in [1.807, 2.05) is 0 Å². The fourth-order valence-electron chi connectivity index (χ4n) is 8.99. The third kappa shape index (κ3) is 3.54. The summed E-state index contributed by atoms with van der Waals surface area (Å²) in [5.41, 5.74) is -1.79. The van der Waals surface area contributed by atoms with E-state index >= 15 is 0 Å². The van der Waals surface area contributed by atoms with Crippen LogP contribution in [0.25, 0.3) is 0 Å². The van der Waals surface area contributed by atoms with Crippen molar-refractivity contribution in [2.45, 2.75) is 110 Å². The number of rotatable bonds is 4. The zero-order valence-corrected chi connectivity index (χ0v) is 21.2. The molecule has 4 aliphatic carbocycles. The van der Waals surface area contributed by atoms with Gasteiger partial charge in [-0.3, -0.25) is 0 Å². The summed E-state index contributed by atoms with van der Waals surface area (Å²) in [6.07, 6.45) is 8.11. The van der Waals surface area contributed by atoms with Crippen LogP contribution in [0.3, 0.4) is 0 Å². The van der Waals surface area contributed by atoms with Gasteiger partial charge in [-0.25, -0.2) is 0 Å². The van der Waals surface area contributed by atoms with Gasteiger partial charge >= 0.3 is 0 Å². The lowest BCUT2D eigenvalue weighted by Gasteiger charge is -2.66. The van der Waals surface area contributed by atoms with Gasteiger partial charge in [0.1, 0.15) is 0 Å². The zero-order valence-electron chi connectivity index (χ0n) is 21.2. The summed E-state index contributed by atoms with van der Waals surface area (Å²) in [6, 6.07) is 0. The minimum atomic E-state index is -1.30. The van der Waals surface area contributed by atoms with Gasteiger partial charge in [0.15, 0.2) is 0 Å². The Bertz CT molecular complexity index is 720. The molecule has 0 spiro atoms. The lowest BCUT2D eigenvalue weighted by molar-refractivity contribution is -0.282. The second-order valence-corrected chi connectivity index (χ2v) is 13.1. The molecule has 0 saturated heterocycles. The van der Waals surface area contributed by atoms with Gasteiger partial charge in [0.05, 0.1) is 23.9 Å². The normalized spacial score (nSPS) is 53.0. The highest BCUT2D eigenvalue weighted by molar-refractivity contribution is 5.19. The molecule has 4 N–H and O–H groups in total. The number of allylic oxidation sites excluding steroid dienone is 2. The summed E-state index contributed by atoms with van der Waals surface area (Å²) in [6.45, 7) is 13.6. The molecule has 0 aromatic carbocycles. The molecule has 4 fully saturated rings. The van der Waals surface area contributed by atoms with Crippen molar-refractivity contribution in [3.63, 3.8) is 0 Å². The van der Waals surface area contributed by atoms with Gasteiger partial charge in [0.2, 0.25) is 0 Å². The predicted molar refractivity (Wildman–Crippen MR) is 128 cm³/mol. The van der Waals surface area contributed by atoms with Crippen LogP contribution < -0.4 is 0 Å². The van der Waals surface area contributed by atoms with Crippen molar-refractivity contribution in [3.05, 3.63) is 12.2 Å². The molecule has 12 atom stereocenters. The van der Waals surface area contributed by atoms with Crippen LogP contribution in [0, 0.1) is 52.3 Å². The molecule has 0 unspecified atom stereocenters. The monoisotopic (exact) mass is 448 g/mol. The van der Waals surface area contributed by atoms with E-state index in [9.17, 15) is 20.4 Å². The van der Waals surface area contributed by atoms with Crippen LogP contribution in [0.2, 0.25) is 0 Å².